The molecule has 7 nitrogen and oxygen atoms in total. The lowest BCUT2D eigenvalue weighted by Gasteiger charge is -2.07. The summed E-state index contributed by atoms with van der Waals surface area (Å²) >= 11 is 5.82. The zero-order valence-electron chi connectivity index (χ0n) is 10.5. The first kappa shape index (κ1) is 14.0. The number of ether oxygens (including phenoxy) is 1. The highest BCUT2D eigenvalue weighted by Gasteiger charge is 2.16. The molecule has 0 saturated heterocycles. The summed E-state index contributed by atoms with van der Waals surface area (Å²) in [6.07, 6.45) is 2.90. The first-order valence-electron chi connectivity index (χ1n) is 5.78. The molecule has 0 amide bonds. The SMILES string of the molecule is CCNc1cncc(Oc2cc(Cl)ccc2[N+](=O)[O-])n1. The van der Waals surface area contributed by atoms with Gasteiger partial charge >= 0.3 is 5.69 Å². The van der Waals surface area contributed by atoms with Crippen LogP contribution in [0.25, 0.3) is 0 Å². The highest BCUT2D eigenvalue weighted by Crippen LogP contribution is 2.33. The van der Waals surface area contributed by atoms with Crippen molar-refractivity contribution >= 4 is 23.1 Å². The number of aromatic nitrogens is 2. The lowest BCUT2D eigenvalue weighted by Crippen LogP contribution is -2.01. The van der Waals surface area contributed by atoms with Crippen molar-refractivity contribution in [2.24, 2.45) is 0 Å². The highest BCUT2D eigenvalue weighted by molar-refractivity contribution is 6.30. The van der Waals surface area contributed by atoms with Crippen LogP contribution in [-0.2, 0) is 0 Å². The zero-order chi connectivity index (χ0) is 14.5. The second kappa shape index (κ2) is 6.16. The average Bonchev–Trinajstić information content (AvgIpc) is 2.39. The molecule has 0 fully saturated rings. The normalized spacial score (nSPS) is 10.1. The topological polar surface area (TPSA) is 90.2 Å². The quantitative estimate of drug-likeness (QED) is 0.672. The molecule has 104 valence electrons. The van der Waals surface area contributed by atoms with Gasteiger partial charge in [0.05, 0.1) is 17.3 Å². The van der Waals surface area contributed by atoms with Gasteiger partial charge in [-0.15, -0.1) is 0 Å². The van der Waals surface area contributed by atoms with Crippen molar-refractivity contribution in [2.75, 3.05) is 11.9 Å². The van der Waals surface area contributed by atoms with Crippen LogP contribution in [0.3, 0.4) is 0 Å². The number of rotatable bonds is 5. The smallest absolute Gasteiger partial charge is 0.311 e. The second-order valence-corrected chi connectivity index (χ2v) is 4.18. The first-order chi connectivity index (χ1) is 9.60. The van der Waals surface area contributed by atoms with Crippen LogP contribution in [0.5, 0.6) is 11.6 Å². The standard InChI is InChI=1S/C12H11ClN4O3/c1-2-15-11-6-14-7-12(16-11)20-10-5-8(13)3-4-9(10)17(18)19/h3-7H,2H2,1H3,(H,15,16). The maximum absolute atomic E-state index is 10.9. The van der Waals surface area contributed by atoms with Crippen LogP contribution in [0.4, 0.5) is 11.5 Å². The van der Waals surface area contributed by atoms with E-state index in [0.29, 0.717) is 17.4 Å². The Hall–Kier alpha value is -2.41. The zero-order valence-corrected chi connectivity index (χ0v) is 11.3. The number of halogens is 1. The Bertz CT molecular complexity index is 636. The third-order valence-corrected chi connectivity index (χ3v) is 2.54. The van der Waals surface area contributed by atoms with E-state index in [0.717, 1.165) is 0 Å². The van der Waals surface area contributed by atoms with Crippen LogP contribution in [-0.4, -0.2) is 21.4 Å². The molecule has 0 bridgehead atoms. The maximum Gasteiger partial charge on any atom is 0.311 e. The minimum Gasteiger partial charge on any atom is -0.430 e. The Morgan fingerprint density at radius 3 is 2.95 bits per heavy atom. The lowest BCUT2D eigenvalue weighted by molar-refractivity contribution is -0.385. The van der Waals surface area contributed by atoms with Crippen molar-refractivity contribution in [3.8, 4) is 11.6 Å². The first-order valence-corrected chi connectivity index (χ1v) is 6.15. The summed E-state index contributed by atoms with van der Waals surface area (Å²) in [6, 6.07) is 4.06. The summed E-state index contributed by atoms with van der Waals surface area (Å²) in [5.41, 5.74) is -0.190. The number of hydrogen-bond donors (Lipinski definition) is 1. The average molecular weight is 295 g/mol. The fourth-order valence-corrected chi connectivity index (χ4v) is 1.66. The summed E-state index contributed by atoms with van der Waals surface area (Å²) in [6.45, 7) is 2.59. The highest BCUT2D eigenvalue weighted by atomic mass is 35.5. The van der Waals surface area contributed by atoms with Gasteiger partial charge in [0, 0.05) is 23.7 Å². The molecule has 1 heterocycles. The van der Waals surface area contributed by atoms with Crippen LogP contribution >= 0.6 is 11.6 Å². The van der Waals surface area contributed by atoms with Gasteiger partial charge in [-0.25, -0.2) is 0 Å². The van der Waals surface area contributed by atoms with E-state index in [1.165, 1.54) is 30.6 Å². The van der Waals surface area contributed by atoms with Crippen LogP contribution in [0, 0.1) is 10.1 Å². The molecule has 0 aliphatic heterocycles. The van der Waals surface area contributed by atoms with E-state index in [1.807, 2.05) is 6.92 Å². The summed E-state index contributed by atoms with van der Waals surface area (Å²) in [4.78, 5) is 18.4. The van der Waals surface area contributed by atoms with E-state index in [2.05, 4.69) is 15.3 Å². The maximum atomic E-state index is 10.9. The van der Waals surface area contributed by atoms with Crippen LogP contribution < -0.4 is 10.1 Å². The van der Waals surface area contributed by atoms with Crippen molar-refractivity contribution < 1.29 is 9.66 Å². The van der Waals surface area contributed by atoms with E-state index < -0.39 is 4.92 Å². The monoisotopic (exact) mass is 294 g/mol. The Kier molecular flexibility index (Phi) is 4.31. The summed E-state index contributed by atoms with van der Waals surface area (Å²) in [5, 5.41) is 14.2. The summed E-state index contributed by atoms with van der Waals surface area (Å²) < 4.78 is 5.40. The van der Waals surface area contributed by atoms with Crippen LogP contribution in [0.15, 0.2) is 30.6 Å². The van der Waals surface area contributed by atoms with Crippen LogP contribution in [0.2, 0.25) is 5.02 Å². The van der Waals surface area contributed by atoms with E-state index in [9.17, 15) is 10.1 Å². The number of nitro benzene ring substituents is 1. The lowest BCUT2D eigenvalue weighted by atomic mass is 10.3. The van der Waals surface area contributed by atoms with Gasteiger partial charge < -0.3 is 10.1 Å². The van der Waals surface area contributed by atoms with E-state index in [4.69, 9.17) is 16.3 Å². The molecule has 1 aromatic carbocycles. The molecule has 0 unspecified atom stereocenters. The predicted octanol–water partition coefficient (Wildman–Crippen LogP) is 3.26. The predicted molar refractivity (Wildman–Crippen MR) is 74.4 cm³/mol. The molecule has 0 atom stereocenters. The summed E-state index contributed by atoms with van der Waals surface area (Å²) in [7, 11) is 0. The Balaban J connectivity index is 2.31. The van der Waals surface area contributed by atoms with Crippen LogP contribution in [0.1, 0.15) is 6.92 Å². The molecule has 0 spiro atoms. The van der Waals surface area contributed by atoms with E-state index in [1.54, 1.807) is 0 Å². The van der Waals surface area contributed by atoms with E-state index in [-0.39, 0.29) is 17.3 Å². The Labute approximate surface area is 119 Å². The number of nitrogens with zero attached hydrogens (tertiary/aromatic N) is 3. The van der Waals surface area contributed by atoms with Crippen molar-refractivity contribution in [1.29, 1.82) is 0 Å². The Morgan fingerprint density at radius 2 is 2.25 bits per heavy atom. The van der Waals surface area contributed by atoms with E-state index >= 15 is 0 Å². The van der Waals surface area contributed by atoms with Gasteiger partial charge in [-0.2, -0.15) is 4.98 Å². The molecule has 20 heavy (non-hydrogen) atoms. The van der Waals surface area contributed by atoms with Gasteiger partial charge in [0.1, 0.15) is 5.82 Å². The molecule has 2 aromatic rings. The molecular weight excluding hydrogens is 284 g/mol. The molecular formula is C12H11ClN4O3. The minimum atomic E-state index is -0.548. The molecule has 2 rings (SSSR count). The van der Waals surface area contributed by atoms with Crippen molar-refractivity contribution in [3.63, 3.8) is 0 Å². The number of benzene rings is 1. The van der Waals surface area contributed by atoms with Gasteiger partial charge in [0.25, 0.3) is 0 Å². The molecule has 1 N–H and O–H groups in total. The van der Waals surface area contributed by atoms with Crippen molar-refractivity contribution in [1.82, 2.24) is 9.97 Å². The molecule has 0 saturated carbocycles. The molecule has 0 aliphatic rings. The minimum absolute atomic E-state index is 0.0189. The third-order valence-electron chi connectivity index (χ3n) is 2.30. The molecule has 8 heteroatoms. The fourth-order valence-electron chi connectivity index (χ4n) is 1.50. The third kappa shape index (κ3) is 3.33. The molecule has 0 radical (unpaired) electrons. The van der Waals surface area contributed by atoms with Crippen molar-refractivity contribution in [3.05, 3.63) is 45.7 Å². The van der Waals surface area contributed by atoms with Gasteiger partial charge in [-0.1, -0.05) is 11.6 Å². The van der Waals surface area contributed by atoms with Gasteiger partial charge in [-0.05, 0) is 13.0 Å². The number of nitro groups is 1. The largest absolute Gasteiger partial charge is 0.430 e. The van der Waals surface area contributed by atoms with Gasteiger partial charge in [0.2, 0.25) is 11.6 Å². The Morgan fingerprint density at radius 1 is 1.45 bits per heavy atom. The number of anilines is 1. The molecule has 1 aromatic heterocycles. The number of nitrogens with one attached hydrogen (secondary N) is 1. The van der Waals surface area contributed by atoms with Crippen molar-refractivity contribution in [2.45, 2.75) is 6.92 Å². The fraction of sp³-hybridized carbons (Fsp3) is 0.167. The summed E-state index contributed by atoms with van der Waals surface area (Å²) in [5.74, 6) is 0.689. The second-order valence-electron chi connectivity index (χ2n) is 3.74. The van der Waals surface area contributed by atoms with Gasteiger partial charge in [0.15, 0.2) is 0 Å². The van der Waals surface area contributed by atoms with Gasteiger partial charge in [-0.3, -0.25) is 15.1 Å². The number of hydrogen-bond acceptors (Lipinski definition) is 6. The molecule has 0 aliphatic carbocycles.